The summed E-state index contributed by atoms with van der Waals surface area (Å²) >= 11 is 1.69. The van der Waals surface area contributed by atoms with Crippen LogP contribution in [0, 0.1) is 0 Å². The number of allylic oxidation sites excluding steroid dienone is 1. The van der Waals surface area contributed by atoms with Gasteiger partial charge in [0, 0.05) is 16.3 Å². The summed E-state index contributed by atoms with van der Waals surface area (Å²) in [5, 5.41) is 3.18. The maximum absolute atomic E-state index is 12.9. The number of benzene rings is 2. The minimum absolute atomic E-state index is 0.192. The standard InChI is InChI=1S/C24H23NO4S/c1-3-28-23(26)20-15(2)25-18-13-29-24(27)22(18)21(20)17-11-7-8-12-19(17)30-14-16-9-5-4-6-10-16/h4-12,21,25H,3,13-14H2,1-2H3/t21-/m1/s1. The van der Waals surface area contributed by atoms with Crippen LogP contribution < -0.4 is 5.32 Å². The van der Waals surface area contributed by atoms with E-state index in [1.165, 1.54) is 5.56 Å². The minimum atomic E-state index is -0.519. The highest BCUT2D eigenvalue weighted by molar-refractivity contribution is 7.98. The summed E-state index contributed by atoms with van der Waals surface area (Å²) in [5.41, 5.74) is 4.49. The Morgan fingerprint density at radius 3 is 2.67 bits per heavy atom. The lowest BCUT2D eigenvalue weighted by atomic mass is 9.81. The number of ether oxygens (including phenoxy) is 2. The molecule has 2 aromatic carbocycles. The molecule has 154 valence electrons. The fraction of sp³-hybridized carbons (Fsp3) is 0.250. The molecule has 5 nitrogen and oxygen atoms in total. The molecule has 2 aliphatic heterocycles. The molecular weight excluding hydrogens is 398 g/mol. The Labute approximate surface area is 180 Å². The molecular formula is C24H23NO4S. The third-order valence-corrected chi connectivity index (χ3v) is 6.34. The lowest BCUT2D eigenvalue weighted by Gasteiger charge is -2.28. The monoisotopic (exact) mass is 421 g/mol. The number of esters is 2. The van der Waals surface area contributed by atoms with Crippen LogP contribution in [0.4, 0.5) is 0 Å². The average Bonchev–Trinajstić information content (AvgIpc) is 3.12. The van der Waals surface area contributed by atoms with Gasteiger partial charge in [0.1, 0.15) is 6.61 Å². The van der Waals surface area contributed by atoms with E-state index in [0.717, 1.165) is 21.9 Å². The number of carbonyl (C=O) groups is 2. The summed E-state index contributed by atoms with van der Waals surface area (Å²) in [5.74, 6) is -0.535. The summed E-state index contributed by atoms with van der Waals surface area (Å²) in [6, 6.07) is 18.1. The summed E-state index contributed by atoms with van der Waals surface area (Å²) < 4.78 is 10.6. The Kier molecular flexibility index (Phi) is 5.95. The zero-order valence-corrected chi connectivity index (χ0v) is 17.8. The van der Waals surface area contributed by atoms with Crippen LogP contribution in [0.3, 0.4) is 0 Å². The van der Waals surface area contributed by atoms with Crippen LogP contribution in [0.1, 0.15) is 30.9 Å². The van der Waals surface area contributed by atoms with Gasteiger partial charge in [-0.1, -0.05) is 48.5 Å². The number of hydrogen-bond donors (Lipinski definition) is 1. The molecule has 4 rings (SSSR count). The number of dihydropyridines is 1. The molecule has 1 atom stereocenters. The van der Waals surface area contributed by atoms with Crippen LogP contribution >= 0.6 is 11.8 Å². The van der Waals surface area contributed by atoms with Crippen molar-refractivity contribution in [2.45, 2.75) is 30.4 Å². The van der Waals surface area contributed by atoms with E-state index < -0.39 is 11.9 Å². The SMILES string of the molecule is CCOC(=O)C1=C(C)NC2=C(C(=O)OC2)[C@@H]1c1ccccc1SCc1ccccc1. The Morgan fingerprint density at radius 2 is 1.90 bits per heavy atom. The fourth-order valence-corrected chi connectivity index (χ4v) is 4.88. The van der Waals surface area contributed by atoms with Gasteiger partial charge in [-0.25, -0.2) is 9.59 Å². The van der Waals surface area contributed by atoms with E-state index in [-0.39, 0.29) is 19.2 Å². The quantitative estimate of drug-likeness (QED) is 0.554. The topological polar surface area (TPSA) is 64.6 Å². The van der Waals surface area contributed by atoms with Crippen LogP contribution in [-0.4, -0.2) is 25.2 Å². The largest absolute Gasteiger partial charge is 0.463 e. The number of hydrogen-bond acceptors (Lipinski definition) is 6. The Balaban J connectivity index is 1.76. The smallest absolute Gasteiger partial charge is 0.337 e. The second kappa shape index (κ2) is 8.79. The molecule has 0 unspecified atom stereocenters. The van der Waals surface area contributed by atoms with E-state index in [1.54, 1.807) is 18.7 Å². The molecule has 0 spiro atoms. The molecule has 2 aliphatic rings. The van der Waals surface area contributed by atoms with Gasteiger partial charge in [0.15, 0.2) is 0 Å². The highest BCUT2D eigenvalue weighted by Gasteiger charge is 2.42. The van der Waals surface area contributed by atoms with E-state index in [0.29, 0.717) is 16.8 Å². The number of rotatable bonds is 6. The van der Waals surface area contributed by atoms with Gasteiger partial charge in [-0.3, -0.25) is 0 Å². The summed E-state index contributed by atoms with van der Waals surface area (Å²) in [6.45, 7) is 4.07. The van der Waals surface area contributed by atoms with E-state index in [2.05, 4.69) is 17.4 Å². The Morgan fingerprint density at radius 1 is 1.17 bits per heavy atom. The molecule has 0 aromatic heterocycles. The van der Waals surface area contributed by atoms with Crippen molar-refractivity contribution >= 4 is 23.7 Å². The summed E-state index contributed by atoms with van der Waals surface area (Å²) in [6.07, 6.45) is 0. The van der Waals surface area contributed by atoms with Gasteiger partial charge in [0.05, 0.1) is 29.4 Å². The summed E-state index contributed by atoms with van der Waals surface area (Å²) in [4.78, 5) is 26.5. The Hall–Kier alpha value is -2.99. The van der Waals surface area contributed by atoms with Gasteiger partial charge in [-0.05, 0) is 31.0 Å². The van der Waals surface area contributed by atoms with Crippen LogP contribution in [0.25, 0.3) is 0 Å². The molecule has 6 heteroatoms. The molecule has 0 amide bonds. The number of carbonyl (C=O) groups excluding carboxylic acids is 2. The van der Waals surface area contributed by atoms with Crippen LogP contribution in [0.15, 0.2) is 82.0 Å². The third-order valence-electron chi connectivity index (χ3n) is 5.17. The van der Waals surface area contributed by atoms with Crippen LogP contribution in [0.5, 0.6) is 0 Å². The first-order valence-corrected chi connectivity index (χ1v) is 10.9. The van der Waals surface area contributed by atoms with Crippen LogP contribution in [-0.2, 0) is 24.8 Å². The minimum Gasteiger partial charge on any atom is -0.463 e. The predicted octanol–water partition coefficient (Wildman–Crippen LogP) is 4.31. The molecule has 0 aliphatic carbocycles. The van der Waals surface area contributed by atoms with Crippen molar-refractivity contribution in [1.82, 2.24) is 5.32 Å². The van der Waals surface area contributed by atoms with Crippen molar-refractivity contribution in [3.05, 3.63) is 88.3 Å². The van der Waals surface area contributed by atoms with Gasteiger partial charge in [-0.15, -0.1) is 11.8 Å². The zero-order valence-electron chi connectivity index (χ0n) is 16.9. The fourth-order valence-electron chi connectivity index (χ4n) is 3.84. The number of thioether (sulfide) groups is 1. The highest BCUT2D eigenvalue weighted by Crippen LogP contribution is 2.44. The maximum atomic E-state index is 12.9. The second-order valence-electron chi connectivity index (χ2n) is 7.10. The lowest BCUT2D eigenvalue weighted by Crippen LogP contribution is -2.30. The molecule has 30 heavy (non-hydrogen) atoms. The zero-order chi connectivity index (χ0) is 21.1. The molecule has 2 heterocycles. The maximum Gasteiger partial charge on any atom is 0.337 e. The molecule has 0 saturated heterocycles. The van der Waals surface area contributed by atoms with Gasteiger partial charge in [0.25, 0.3) is 0 Å². The van der Waals surface area contributed by atoms with Gasteiger partial charge in [0.2, 0.25) is 0 Å². The average molecular weight is 422 g/mol. The molecule has 0 bridgehead atoms. The third kappa shape index (κ3) is 3.87. The number of nitrogens with one attached hydrogen (secondary N) is 1. The van der Waals surface area contributed by atoms with E-state index >= 15 is 0 Å². The summed E-state index contributed by atoms with van der Waals surface area (Å²) in [7, 11) is 0. The predicted molar refractivity (Wildman–Crippen MR) is 116 cm³/mol. The second-order valence-corrected chi connectivity index (χ2v) is 8.11. The molecule has 0 saturated carbocycles. The van der Waals surface area contributed by atoms with Crippen molar-refractivity contribution < 1.29 is 19.1 Å². The van der Waals surface area contributed by atoms with Gasteiger partial charge >= 0.3 is 11.9 Å². The first-order valence-electron chi connectivity index (χ1n) is 9.90. The van der Waals surface area contributed by atoms with E-state index in [1.807, 2.05) is 49.4 Å². The van der Waals surface area contributed by atoms with Crippen molar-refractivity contribution in [3.63, 3.8) is 0 Å². The molecule has 0 fully saturated rings. The van der Waals surface area contributed by atoms with Gasteiger partial charge < -0.3 is 14.8 Å². The highest BCUT2D eigenvalue weighted by atomic mass is 32.2. The molecule has 1 N–H and O–H groups in total. The van der Waals surface area contributed by atoms with Crippen molar-refractivity contribution in [3.8, 4) is 0 Å². The van der Waals surface area contributed by atoms with Crippen molar-refractivity contribution in [1.29, 1.82) is 0 Å². The lowest BCUT2D eigenvalue weighted by molar-refractivity contribution is -0.138. The van der Waals surface area contributed by atoms with E-state index in [9.17, 15) is 9.59 Å². The Bertz CT molecular complexity index is 1040. The van der Waals surface area contributed by atoms with E-state index in [4.69, 9.17) is 9.47 Å². The molecule has 2 aromatic rings. The normalized spacial score (nSPS) is 18.1. The first-order chi connectivity index (χ1) is 14.6. The van der Waals surface area contributed by atoms with Crippen molar-refractivity contribution in [2.24, 2.45) is 0 Å². The molecule has 0 radical (unpaired) electrons. The van der Waals surface area contributed by atoms with Crippen LogP contribution in [0.2, 0.25) is 0 Å². The number of cyclic esters (lactones) is 1. The first kappa shape index (κ1) is 20.3. The van der Waals surface area contributed by atoms with Gasteiger partial charge in [-0.2, -0.15) is 0 Å². The van der Waals surface area contributed by atoms with Crippen molar-refractivity contribution in [2.75, 3.05) is 13.2 Å².